The molecule has 0 N–H and O–H groups in total. The topological polar surface area (TPSA) is 17.8 Å². The maximum absolute atomic E-state index is 4.22. The summed E-state index contributed by atoms with van der Waals surface area (Å²) in [5.41, 5.74) is 1.35. The monoisotopic (exact) mass is 180 g/mol. The zero-order chi connectivity index (χ0) is 10.0. The summed E-state index contributed by atoms with van der Waals surface area (Å²) in [6, 6.07) is 2.13. The average Bonchev–Trinajstić information content (AvgIpc) is 2.35. The third kappa shape index (κ3) is 2.11. The van der Waals surface area contributed by atoms with E-state index in [2.05, 4.69) is 38.9 Å². The normalized spacial score (nSPS) is 12.0. The van der Waals surface area contributed by atoms with Gasteiger partial charge in [-0.25, -0.2) is 0 Å². The fourth-order valence-corrected chi connectivity index (χ4v) is 2.16. The molecule has 1 aromatic rings. The van der Waals surface area contributed by atoms with Crippen molar-refractivity contribution in [2.75, 3.05) is 0 Å². The van der Waals surface area contributed by atoms with E-state index in [9.17, 15) is 0 Å². The highest BCUT2D eigenvalue weighted by atomic mass is 15.3. The molecular formula is C11H20N2. The van der Waals surface area contributed by atoms with Crippen LogP contribution in [0.4, 0.5) is 0 Å². The second-order valence-electron chi connectivity index (χ2n) is 4.39. The van der Waals surface area contributed by atoms with E-state index < -0.39 is 0 Å². The summed E-state index contributed by atoms with van der Waals surface area (Å²) in [7, 11) is 2.02. The first-order chi connectivity index (χ1) is 6.04. The van der Waals surface area contributed by atoms with Crippen molar-refractivity contribution in [1.82, 2.24) is 9.78 Å². The molecule has 0 atom stereocenters. The molecule has 0 aliphatic rings. The van der Waals surface area contributed by atoms with E-state index >= 15 is 0 Å². The van der Waals surface area contributed by atoms with Gasteiger partial charge in [-0.05, 0) is 17.9 Å². The smallest absolute Gasteiger partial charge is 0.0492 e. The molecule has 0 fully saturated rings. The van der Waals surface area contributed by atoms with E-state index in [1.165, 1.54) is 5.69 Å². The molecule has 2 heteroatoms. The molecule has 2 nitrogen and oxygen atoms in total. The maximum atomic E-state index is 4.22. The molecule has 1 aromatic heterocycles. The Morgan fingerprint density at radius 3 is 2.00 bits per heavy atom. The highest BCUT2D eigenvalue weighted by Crippen LogP contribution is 2.30. The van der Waals surface area contributed by atoms with Crippen LogP contribution >= 0.6 is 0 Å². The van der Waals surface area contributed by atoms with Crippen LogP contribution in [-0.4, -0.2) is 9.78 Å². The van der Waals surface area contributed by atoms with Gasteiger partial charge in [0.1, 0.15) is 0 Å². The minimum absolute atomic E-state index is 0.618. The van der Waals surface area contributed by atoms with Gasteiger partial charge in [0.05, 0.1) is 0 Å². The Balaban J connectivity index is 2.95. The molecule has 74 valence electrons. The molecule has 0 saturated heterocycles. The summed E-state index contributed by atoms with van der Waals surface area (Å²) in [5, 5.41) is 4.22. The van der Waals surface area contributed by atoms with E-state index in [-0.39, 0.29) is 0 Å². The summed E-state index contributed by atoms with van der Waals surface area (Å²) < 4.78 is 1.99. The van der Waals surface area contributed by atoms with E-state index in [1.54, 1.807) is 0 Å². The largest absolute Gasteiger partial charge is 0.272 e. The van der Waals surface area contributed by atoms with Gasteiger partial charge in [0.15, 0.2) is 0 Å². The molecule has 0 amide bonds. The summed E-state index contributed by atoms with van der Waals surface area (Å²) >= 11 is 0. The van der Waals surface area contributed by atoms with Crippen molar-refractivity contribution in [2.45, 2.75) is 33.6 Å². The molecule has 0 aliphatic heterocycles. The van der Waals surface area contributed by atoms with Gasteiger partial charge in [0.25, 0.3) is 0 Å². The molecule has 0 radical (unpaired) electrons. The lowest BCUT2D eigenvalue weighted by atomic mass is 9.83. The van der Waals surface area contributed by atoms with Crippen molar-refractivity contribution in [1.29, 1.82) is 0 Å². The lowest BCUT2D eigenvalue weighted by molar-refractivity contribution is 0.368. The second-order valence-corrected chi connectivity index (χ2v) is 4.39. The number of nitrogens with zero attached hydrogens (tertiary/aromatic N) is 2. The molecular weight excluding hydrogens is 160 g/mol. The van der Waals surface area contributed by atoms with Gasteiger partial charge in [-0.15, -0.1) is 0 Å². The molecule has 0 aliphatic carbocycles. The summed E-state index contributed by atoms with van der Waals surface area (Å²) in [6.45, 7) is 9.10. The maximum Gasteiger partial charge on any atom is 0.0492 e. The lowest BCUT2D eigenvalue weighted by Crippen LogP contribution is -2.16. The predicted octanol–water partition coefficient (Wildman–Crippen LogP) is 2.82. The van der Waals surface area contributed by atoms with E-state index in [0.29, 0.717) is 17.8 Å². The van der Waals surface area contributed by atoms with Gasteiger partial charge in [0, 0.05) is 24.9 Å². The third-order valence-corrected chi connectivity index (χ3v) is 2.64. The Kier molecular flexibility index (Phi) is 3.12. The highest BCUT2D eigenvalue weighted by molar-refractivity contribution is 5.09. The molecule has 1 rings (SSSR count). The van der Waals surface area contributed by atoms with Crippen molar-refractivity contribution < 1.29 is 0 Å². The quantitative estimate of drug-likeness (QED) is 0.699. The molecule has 0 unspecified atom stereocenters. The van der Waals surface area contributed by atoms with Gasteiger partial charge in [-0.3, -0.25) is 4.68 Å². The van der Waals surface area contributed by atoms with Crippen molar-refractivity contribution in [3.8, 4) is 0 Å². The summed E-state index contributed by atoms with van der Waals surface area (Å²) in [4.78, 5) is 0. The lowest BCUT2D eigenvalue weighted by Gasteiger charge is -2.24. The van der Waals surface area contributed by atoms with Gasteiger partial charge in [-0.1, -0.05) is 27.7 Å². The van der Waals surface area contributed by atoms with Crippen molar-refractivity contribution in [2.24, 2.45) is 18.9 Å². The SMILES string of the molecule is CC(C)C(c1ccnn1C)C(C)C. The van der Waals surface area contributed by atoms with Crippen molar-refractivity contribution >= 4 is 0 Å². The van der Waals surface area contributed by atoms with Crippen LogP contribution in [0.15, 0.2) is 12.3 Å². The van der Waals surface area contributed by atoms with Crippen LogP contribution in [-0.2, 0) is 7.05 Å². The molecule has 0 aromatic carbocycles. The number of aromatic nitrogens is 2. The van der Waals surface area contributed by atoms with E-state index in [0.717, 1.165) is 0 Å². The minimum Gasteiger partial charge on any atom is -0.272 e. The Morgan fingerprint density at radius 1 is 1.15 bits per heavy atom. The number of rotatable bonds is 3. The molecule has 13 heavy (non-hydrogen) atoms. The highest BCUT2D eigenvalue weighted by Gasteiger charge is 2.21. The summed E-state index contributed by atoms with van der Waals surface area (Å²) in [6.07, 6.45) is 1.88. The number of hydrogen-bond acceptors (Lipinski definition) is 1. The molecule has 0 bridgehead atoms. The molecule has 1 heterocycles. The minimum atomic E-state index is 0.618. The van der Waals surface area contributed by atoms with Crippen LogP contribution in [0, 0.1) is 11.8 Å². The van der Waals surface area contributed by atoms with Crippen LogP contribution < -0.4 is 0 Å². The van der Waals surface area contributed by atoms with E-state index in [4.69, 9.17) is 0 Å². The molecule has 0 spiro atoms. The summed E-state index contributed by atoms with van der Waals surface area (Å²) in [5.74, 6) is 1.97. The zero-order valence-electron chi connectivity index (χ0n) is 9.28. The standard InChI is InChI=1S/C11H20N2/c1-8(2)11(9(3)4)10-6-7-12-13(10)5/h6-9,11H,1-5H3. The van der Waals surface area contributed by atoms with Crippen LogP contribution in [0.5, 0.6) is 0 Å². The van der Waals surface area contributed by atoms with Gasteiger partial charge in [0.2, 0.25) is 0 Å². The first kappa shape index (κ1) is 10.3. The first-order valence-corrected chi connectivity index (χ1v) is 5.02. The van der Waals surface area contributed by atoms with Crippen molar-refractivity contribution in [3.63, 3.8) is 0 Å². The zero-order valence-corrected chi connectivity index (χ0v) is 9.28. The Hall–Kier alpha value is -0.790. The first-order valence-electron chi connectivity index (χ1n) is 5.02. The Labute approximate surface area is 81.0 Å². The fraction of sp³-hybridized carbons (Fsp3) is 0.727. The van der Waals surface area contributed by atoms with Crippen LogP contribution in [0.25, 0.3) is 0 Å². The van der Waals surface area contributed by atoms with Crippen LogP contribution in [0.2, 0.25) is 0 Å². The van der Waals surface area contributed by atoms with Crippen LogP contribution in [0.1, 0.15) is 39.3 Å². The van der Waals surface area contributed by atoms with Crippen LogP contribution in [0.3, 0.4) is 0 Å². The average molecular weight is 180 g/mol. The number of aryl methyl sites for hydroxylation is 1. The van der Waals surface area contributed by atoms with Gasteiger partial charge >= 0.3 is 0 Å². The fourth-order valence-electron chi connectivity index (χ4n) is 2.16. The van der Waals surface area contributed by atoms with Gasteiger partial charge in [-0.2, -0.15) is 5.10 Å². The Bertz CT molecular complexity index is 253. The Morgan fingerprint density at radius 2 is 1.69 bits per heavy atom. The van der Waals surface area contributed by atoms with Gasteiger partial charge < -0.3 is 0 Å². The van der Waals surface area contributed by atoms with E-state index in [1.807, 2.05) is 17.9 Å². The number of hydrogen-bond donors (Lipinski definition) is 0. The third-order valence-electron chi connectivity index (χ3n) is 2.64. The second kappa shape index (κ2) is 3.95. The predicted molar refractivity (Wildman–Crippen MR) is 55.6 cm³/mol. The van der Waals surface area contributed by atoms with Crippen molar-refractivity contribution in [3.05, 3.63) is 18.0 Å². The molecule has 0 saturated carbocycles.